The van der Waals surface area contributed by atoms with Gasteiger partial charge in [-0.05, 0) is 31.2 Å². The molecule has 0 radical (unpaired) electrons. The fraction of sp³-hybridized carbons (Fsp3) is 0.545. The Hall–Kier alpha value is -1.69. The summed E-state index contributed by atoms with van der Waals surface area (Å²) in [7, 11) is 0. The van der Waals surface area contributed by atoms with Crippen molar-refractivity contribution in [1.82, 2.24) is 4.98 Å². The van der Waals surface area contributed by atoms with E-state index in [9.17, 15) is 10.1 Å². The van der Waals surface area contributed by atoms with Crippen molar-refractivity contribution in [2.45, 2.75) is 25.8 Å². The van der Waals surface area contributed by atoms with Gasteiger partial charge in [0, 0.05) is 18.7 Å². The molecule has 92 valence electrons. The number of hydrogen-bond donors (Lipinski definition) is 2. The number of nitro groups is 1. The van der Waals surface area contributed by atoms with Crippen molar-refractivity contribution in [3.8, 4) is 0 Å². The zero-order chi connectivity index (χ0) is 12.4. The fourth-order valence-electron chi connectivity index (χ4n) is 1.75. The van der Waals surface area contributed by atoms with Gasteiger partial charge in [0.25, 0.3) is 5.69 Å². The van der Waals surface area contributed by atoms with E-state index in [0.717, 1.165) is 5.56 Å². The van der Waals surface area contributed by atoms with Crippen molar-refractivity contribution in [2.24, 2.45) is 11.7 Å². The van der Waals surface area contributed by atoms with Gasteiger partial charge in [-0.25, -0.2) is 4.98 Å². The lowest BCUT2D eigenvalue weighted by Gasteiger charge is -2.13. The summed E-state index contributed by atoms with van der Waals surface area (Å²) >= 11 is 0. The van der Waals surface area contributed by atoms with Crippen molar-refractivity contribution in [2.75, 3.05) is 11.9 Å². The Morgan fingerprint density at radius 1 is 1.71 bits per heavy atom. The van der Waals surface area contributed by atoms with Crippen LogP contribution in [0.2, 0.25) is 0 Å². The highest BCUT2D eigenvalue weighted by atomic mass is 16.6. The first-order chi connectivity index (χ1) is 8.08. The van der Waals surface area contributed by atoms with E-state index in [2.05, 4.69) is 10.3 Å². The molecule has 0 spiro atoms. The van der Waals surface area contributed by atoms with Crippen LogP contribution in [-0.4, -0.2) is 22.5 Å². The third-order valence-electron chi connectivity index (χ3n) is 3.01. The summed E-state index contributed by atoms with van der Waals surface area (Å²) < 4.78 is 0. The molecule has 0 aromatic carbocycles. The fourth-order valence-corrected chi connectivity index (χ4v) is 1.75. The first-order valence-electron chi connectivity index (χ1n) is 5.68. The monoisotopic (exact) mass is 236 g/mol. The van der Waals surface area contributed by atoms with Gasteiger partial charge in [-0.3, -0.25) is 10.1 Å². The third-order valence-corrected chi connectivity index (χ3v) is 3.01. The second-order valence-corrected chi connectivity index (χ2v) is 4.50. The highest BCUT2D eigenvalue weighted by Gasteiger charge is 2.28. The predicted octanol–water partition coefficient (Wildman–Crippen LogP) is 1.45. The highest BCUT2D eigenvalue weighted by Crippen LogP contribution is 2.31. The van der Waals surface area contributed by atoms with Crippen LogP contribution in [0.1, 0.15) is 18.4 Å². The van der Waals surface area contributed by atoms with Crippen LogP contribution >= 0.6 is 0 Å². The maximum absolute atomic E-state index is 10.6. The molecule has 1 heterocycles. The summed E-state index contributed by atoms with van der Waals surface area (Å²) in [6.45, 7) is 2.46. The zero-order valence-corrected chi connectivity index (χ0v) is 9.72. The summed E-state index contributed by atoms with van der Waals surface area (Å²) in [4.78, 5) is 14.2. The number of anilines is 1. The molecule has 2 rings (SSSR count). The summed E-state index contributed by atoms with van der Waals surface area (Å²) in [5.74, 6) is 1.30. The lowest BCUT2D eigenvalue weighted by Crippen LogP contribution is -2.31. The van der Waals surface area contributed by atoms with E-state index in [-0.39, 0.29) is 11.7 Å². The van der Waals surface area contributed by atoms with Crippen LogP contribution in [0.3, 0.4) is 0 Å². The summed E-state index contributed by atoms with van der Waals surface area (Å²) in [6, 6.07) is 1.66. The van der Waals surface area contributed by atoms with Gasteiger partial charge in [0.2, 0.25) is 0 Å². The quantitative estimate of drug-likeness (QED) is 0.596. The molecular formula is C11H16N4O2. The van der Waals surface area contributed by atoms with Gasteiger partial charge in [0.15, 0.2) is 0 Å². The molecule has 1 aliphatic rings. The van der Waals surface area contributed by atoms with Crippen molar-refractivity contribution in [3.05, 3.63) is 27.9 Å². The van der Waals surface area contributed by atoms with Gasteiger partial charge in [0.1, 0.15) is 12.0 Å². The minimum Gasteiger partial charge on any atom is -0.368 e. The van der Waals surface area contributed by atoms with Crippen molar-refractivity contribution < 1.29 is 4.92 Å². The molecule has 1 atom stereocenters. The molecule has 1 aromatic rings. The van der Waals surface area contributed by atoms with Crippen LogP contribution in [0, 0.1) is 23.0 Å². The Labute approximate surface area is 99.4 Å². The highest BCUT2D eigenvalue weighted by molar-refractivity contribution is 5.48. The van der Waals surface area contributed by atoms with Crippen LogP contribution in [-0.2, 0) is 0 Å². The molecule has 0 amide bonds. The standard InChI is InChI=1S/C11H16N4O2/c1-7-4-9(15(16)17)5-13-11(7)14-6-10(12)8-2-3-8/h4-5,8,10H,2-3,6,12H2,1H3,(H,13,14). The first-order valence-corrected chi connectivity index (χ1v) is 5.68. The Morgan fingerprint density at radius 2 is 2.41 bits per heavy atom. The molecule has 1 fully saturated rings. The molecule has 1 aliphatic carbocycles. The van der Waals surface area contributed by atoms with Crippen molar-refractivity contribution in [3.63, 3.8) is 0 Å². The summed E-state index contributed by atoms with van der Waals surface area (Å²) in [6.07, 6.45) is 3.67. The lowest BCUT2D eigenvalue weighted by molar-refractivity contribution is -0.385. The molecule has 17 heavy (non-hydrogen) atoms. The van der Waals surface area contributed by atoms with Crippen molar-refractivity contribution >= 4 is 11.5 Å². The number of nitrogens with zero attached hydrogens (tertiary/aromatic N) is 2. The van der Waals surface area contributed by atoms with Crippen LogP contribution in [0.4, 0.5) is 11.5 Å². The summed E-state index contributed by atoms with van der Waals surface area (Å²) in [5.41, 5.74) is 6.74. The number of pyridine rings is 1. The topological polar surface area (TPSA) is 94.1 Å². The number of nitrogens with one attached hydrogen (secondary N) is 1. The minimum atomic E-state index is -0.445. The molecule has 0 bridgehead atoms. The largest absolute Gasteiger partial charge is 0.368 e. The van der Waals surface area contributed by atoms with Crippen molar-refractivity contribution in [1.29, 1.82) is 0 Å². The number of rotatable bonds is 5. The SMILES string of the molecule is Cc1cc([N+](=O)[O-])cnc1NCC(N)C1CC1. The van der Waals surface area contributed by atoms with Crippen LogP contribution in [0.25, 0.3) is 0 Å². The van der Waals surface area contributed by atoms with E-state index < -0.39 is 4.92 Å². The molecule has 6 heteroatoms. The Morgan fingerprint density at radius 3 is 2.94 bits per heavy atom. The average molecular weight is 236 g/mol. The second-order valence-electron chi connectivity index (χ2n) is 4.50. The first kappa shape index (κ1) is 11.8. The maximum atomic E-state index is 10.6. The Bertz CT molecular complexity index is 431. The Balaban J connectivity index is 1.98. The summed E-state index contributed by atoms with van der Waals surface area (Å²) in [5, 5.41) is 13.7. The molecule has 3 N–H and O–H groups in total. The third kappa shape index (κ3) is 2.91. The van der Waals surface area contributed by atoms with Gasteiger partial charge < -0.3 is 11.1 Å². The molecule has 6 nitrogen and oxygen atoms in total. The van der Waals surface area contributed by atoms with E-state index in [4.69, 9.17) is 5.73 Å². The molecule has 1 unspecified atom stereocenters. The number of hydrogen-bond acceptors (Lipinski definition) is 5. The van der Waals surface area contributed by atoms with Gasteiger partial charge in [-0.2, -0.15) is 0 Å². The molecule has 0 aliphatic heterocycles. The molecule has 0 saturated heterocycles. The van der Waals surface area contributed by atoms with Gasteiger partial charge >= 0.3 is 0 Å². The maximum Gasteiger partial charge on any atom is 0.287 e. The Kier molecular flexibility index (Phi) is 3.23. The van der Waals surface area contributed by atoms with E-state index in [1.807, 2.05) is 0 Å². The molecule has 1 saturated carbocycles. The van der Waals surface area contributed by atoms with E-state index in [1.54, 1.807) is 6.92 Å². The number of nitrogens with two attached hydrogens (primary N) is 1. The van der Waals surface area contributed by atoms with Crippen LogP contribution in [0.15, 0.2) is 12.3 Å². The average Bonchev–Trinajstić information content (AvgIpc) is 3.10. The minimum absolute atomic E-state index is 0.0135. The van der Waals surface area contributed by atoms with Gasteiger partial charge in [-0.15, -0.1) is 0 Å². The van der Waals surface area contributed by atoms with E-state index >= 15 is 0 Å². The number of aromatic nitrogens is 1. The van der Waals surface area contributed by atoms with E-state index in [1.165, 1.54) is 25.1 Å². The van der Waals surface area contributed by atoms with Crippen LogP contribution in [0.5, 0.6) is 0 Å². The van der Waals surface area contributed by atoms with E-state index in [0.29, 0.717) is 18.3 Å². The van der Waals surface area contributed by atoms with Crippen LogP contribution < -0.4 is 11.1 Å². The second kappa shape index (κ2) is 4.67. The number of aryl methyl sites for hydroxylation is 1. The lowest BCUT2D eigenvalue weighted by atomic mass is 10.2. The normalized spacial score (nSPS) is 16.6. The molecular weight excluding hydrogens is 220 g/mol. The van der Waals surface area contributed by atoms with Gasteiger partial charge in [-0.1, -0.05) is 0 Å². The smallest absolute Gasteiger partial charge is 0.287 e. The predicted molar refractivity (Wildman–Crippen MR) is 64.8 cm³/mol. The molecule has 1 aromatic heterocycles. The zero-order valence-electron chi connectivity index (χ0n) is 9.72. The van der Waals surface area contributed by atoms with Gasteiger partial charge in [0.05, 0.1) is 4.92 Å².